The van der Waals surface area contributed by atoms with E-state index in [0.717, 1.165) is 21.9 Å². The van der Waals surface area contributed by atoms with Crippen LogP contribution in [-0.4, -0.2) is 4.98 Å². The Morgan fingerprint density at radius 2 is 1.83 bits per heavy atom. The van der Waals surface area contributed by atoms with Crippen molar-refractivity contribution in [2.75, 3.05) is 0 Å². The van der Waals surface area contributed by atoms with Gasteiger partial charge < -0.3 is 9.73 Å². The van der Waals surface area contributed by atoms with E-state index in [0.29, 0.717) is 17.5 Å². The Hall–Kier alpha value is -1.81. The van der Waals surface area contributed by atoms with Gasteiger partial charge in [0.2, 0.25) is 5.89 Å². The monoisotopic (exact) mass is 346 g/mol. The topological polar surface area (TPSA) is 38.1 Å². The second kappa shape index (κ2) is 7.18. The largest absolute Gasteiger partial charge is 0.439 e. The molecule has 3 nitrogen and oxygen atoms in total. The Kier molecular flexibility index (Phi) is 5.01. The Morgan fingerprint density at radius 1 is 1.09 bits per heavy atom. The van der Waals surface area contributed by atoms with E-state index in [1.54, 1.807) is 6.20 Å². The summed E-state index contributed by atoms with van der Waals surface area (Å²) in [4.78, 5) is 4.31. The van der Waals surface area contributed by atoms with Gasteiger partial charge in [-0.15, -0.1) is 0 Å². The summed E-state index contributed by atoms with van der Waals surface area (Å²) < 4.78 is 5.78. The molecule has 118 valence electrons. The summed E-state index contributed by atoms with van der Waals surface area (Å²) in [7, 11) is 0. The zero-order valence-electron chi connectivity index (χ0n) is 12.6. The predicted octanol–water partition coefficient (Wildman–Crippen LogP) is 5.50. The summed E-state index contributed by atoms with van der Waals surface area (Å²) in [5.74, 6) is 1.36. The molecule has 0 saturated carbocycles. The molecule has 0 aliphatic carbocycles. The number of nitrogens with zero attached hydrogens (tertiary/aromatic N) is 1. The molecule has 0 radical (unpaired) electrons. The smallest absolute Gasteiger partial charge is 0.208 e. The fourth-order valence-corrected chi connectivity index (χ4v) is 2.74. The number of aromatic nitrogens is 1. The van der Waals surface area contributed by atoms with Crippen LogP contribution in [0.25, 0.3) is 11.3 Å². The lowest BCUT2D eigenvalue weighted by molar-refractivity contribution is 0.454. The van der Waals surface area contributed by atoms with Crippen LogP contribution in [0, 0.1) is 0 Å². The van der Waals surface area contributed by atoms with Gasteiger partial charge >= 0.3 is 0 Å². The lowest BCUT2D eigenvalue weighted by atomic mass is 10.1. The third kappa shape index (κ3) is 3.94. The van der Waals surface area contributed by atoms with Crippen molar-refractivity contribution in [2.24, 2.45) is 0 Å². The first kappa shape index (κ1) is 16.1. The molecule has 1 heterocycles. The van der Waals surface area contributed by atoms with E-state index in [-0.39, 0.29) is 6.04 Å². The number of rotatable bonds is 5. The SMILES string of the molecule is C[C@H](NCc1ncc(-c2ccc(Cl)cc2)o1)c1ccccc1Cl. The average Bonchev–Trinajstić information content (AvgIpc) is 3.03. The zero-order chi connectivity index (χ0) is 16.2. The van der Waals surface area contributed by atoms with Crippen molar-refractivity contribution in [3.8, 4) is 11.3 Å². The Balaban J connectivity index is 1.65. The zero-order valence-corrected chi connectivity index (χ0v) is 14.1. The van der Waals surface area contributed by atoms with E-state index >= 15 is 0 Å². The Morgan fingerprint density at radius 3 is 2.57 bits per heavy atom. The van der Waals surface area contributed by atoms with E-state index < -0.39 is 0 Å². The summed E-state index contributed by atoms with van der Waals surface area (Å²) in [6.07, 6.45) is 1.72. The number of oxazole rings is 1. The molecule has 23 heavy (non-hydrogen) atoms. The number of nitrogens with one attached hydrogen (secondary N) is 1. The van der Waals surface area contributed by atoms with Gasteiger partial charge in [0.15, 0.2) is 5.76 Å². The molecule has 3 rings (SSSR count). The summed E-state index contributed by atoms with van der Waals surface area (Å²) in [6.45, 7) is 2.59. The van der Waals surface area contributed by atoms with Crippen LogP contribution in [0.3, 0.4) is 0 Å². The van der Waals surface area contributed by atoms with E-state index in [2.05, 4.69) is 17.2 Å². The molecular formula is C18H16Cl2N2O. The molecule has 1 N–H and O–H groups in total. The third-order valence-corrected chi connectivity index (χ3v) is 4.21. The highest BCUT2D eigenvalue weighted by atomic mass is 35.5. The first-order chi connectivity index (χ1) is 11.1. The number of benzene rings is 2. The lowest BCUT2D eigenvalue weighted by Gasteiger charge is -2.14. The molecule has 5 heteroatoms. The van der Waals surface area contributed by atoms with Crippen molar-refractivity contribution >= 4 is 23.2 Å². The van der Waals surface area contributed by atoms with Gasteiger partial charge in [-0.05, 0) is 42.8 Å². The molecule has 0 aliphatic heterocycles. The van der Waals surface area contributed by atoms with Crippen molar-refractivity contribution < 1.29 is 4.42 Å². The minimum absolute atomic E-state index is 0.106. The molecule has 0 aliphatic rings. The van der Waals surface area contributed by atoms with E-state index in [4.69, 9.17) is 27.6 Å². The molecule has 3 aromatic rings. The van der Waals surface area contributed by atoms with Crippen LogP contribution in [0.15, 0.2) is 59.1 Å². The van der Waals surface area contributed by atoms with Gasteiger partial charge in [0.25, 0.3) is 0 Å². The van der Waals surface area contributed by atoms with Crippen LogP contribution in [0.4, 0.5) is 0 Å². The van der Waals surface area contributed by atoms with Gasteiger partial charge in [0.05, 0.1) is 12.7 Å². The maximum Gasteiger partial charge on any atom is 0.208 e. The molecule has 2 aromatic carbocycles. The van der Waals surface area contributed by atoms with Crippen LogP contribution >= 0.6 is 23.2 Å². The summed E-state index contributed by atoms with van der Waals surface area (Å²) in [5.41, 5.74) is 2.01. The Bertz CT molecular complexity index is 784. The van der Waals surface area contributed by atoms with Gasteiger partial charge in [-0.2, -0.15) is 0 Å². The van der Waals surface area contributed by atoms with E-state index in [1.807, 2.05) is 48.5 Å². The van der Waals surface area contributed by atoms with Gasteiger partial charge in [-0.3, -0.25) is 0 Å². The van der Waals surface area contributed by atoms with Crippen molar-refractivity contribution in [1.82, 2.24) is 10.3 Å². The number of hydrogen-bond donors (Lipinski definition) is 1. The van der Waals surface area contributed by atoms with Crippen LogP contribution in [-0.2, 0) is 6.54 Å². The molecule has 0 fully saturated rings. The maximum absolute atomic E-state index is 6.21. The van der Waals surface area contributed by atoms with Crippen LogP contribution < -0.4 is 5.32 Å². The molecule has 1 atom stereocenters. The van der Waals surface area contributed by atoms with Crippen molar-refractivity contribution in [2.45, 2.75) is 19.5 Å². The fraction of sp³-hybridized carbons (Fsp3) is 0.167. The quantitative estimate of drug-likeness (QED) is 0.662. The van der Waals surface area contributed by atoms with E-state index in [9.17, 15) is 0 Å². The average molecular weight is 347 g/mol. The lowest BCUT2D eigenvalue weighted by Crippen LogP contribution is -2.18. The second-order valence-corrected chi connectivity index (χ2v) is 6.09. The van der Waals surface area contributed by atoms with E-state index in [1.165, 1.54) is 0 Å². The first-order valence-electron chi connectivity index (χ1n) is 7.32. The standard InChI is InChI=1S/C18H16Cl2N2O/c1-12(15-4-2-3-5-16(15)20)21-11-18-22-10-17(23-18)13-6-8-14(19)9-7-13/h2-10,12,21H,11H2,1H3/t12-/m0/s1. The van der Waals surface area contributed by atoms with Gasteiger partial charge in [0, 0.05) is 21.7 Å². The molecule has 0 bridgehead atoms. The van der Waals surface area contributed by atoms with Gasteiger partial charge in [-0.1, -0.05) is 41.4 Å². The number of halogens is 2. The summed E-state index contributed by atoms with van der Waals surface area (Å²) in [5, 5.41) is 4.82. The fourth-order valence-electron chi connectivity index (χ4n) is 2.32. The molecular weight excluding hydrogens is 331 g/mol. The molecule has 0 saturated heterocycles. The molecule has 0 unspecified atom stereocenters. The van der Waals surface area contributed by atoms with Crippen molar-refractivity contribution in [3.63, 3.8) is 0 Å². The predicted molar refractivity (Wildman–Crippen MR) is 93.7 cm³/mol. The summed E-state index contributed by atoms with van der Waals surface area (Å²) >= 11 is 12.1. The first-order valence-corrected chi connectivity index (χ1v) is 8.07. The maximum atomic E-state index is 6.21. The highest BCUT2D eigenvalue weighted by Crippen LogP contribution is 2.24. The Labute approximate surface area is 145 Å². The van der Waals surface area contributed by atoms with Gasteiger partial charge in [-0.25, -0.2) is 4.98 Å². The molecule has 0 amide bonds. The van der Waals surface area contributed by atoms with Crippen molar-refractivity contribution in [3.05, 3.63) is 76.2 Å². The van der Waals surface area contributed by atoms with Crippen LogP contribution in [0.5, 0.6) is 0 Å². The minimum Gasteiger partial charge on any atom is -0.439 e. The van der Waals surface area contributed by atoms with Gasteiger partial charge in [0.1, 0.15) is 0 Å². The number of hydrogen-bond acceptors (Lipinski definition) is 3. The highest BCUT2D eigenvalue weighted by Gasteiger charge is 2.11. The molecule has 1 aromatic heterocycles. The third-order valence-electron chi connectivity index (χ3n) is 3.61. The van der Waals surface area contributed by atoms with Crippen molar-refractivity contribution in [1.29, 1.82) is 0 Å². The normalized spacial score (nSPS) is 12.3. The molecule has 0 spiro atoms. The van der Waals surface area contributed by atoms with Crippen LogP contribution in [0.2, 0.25) is 10.0 Å². The minimum atomic E-state index is 0.106. The van der Waals surface area contributed by atoms with Crippen LogP contribution in [0.1, 0.15) is 24.4 Å². The highest BCUT2D eigenvalue weighted by molar-refractivity contribution is 6.31. The second-order valence-electron chi connectivity index (χ2n) is 5.25. The summed E-state index contributed by atoms with van der Waals surface area (Å²) in [6, 6.07) is 15.4.